The molecule has 1 aliphatic heterocycles. The monoisotopic (exact) mass is 235 g/mol. The van der Waals surface area contributed by atoms with Crippen LogP contribution in [0, 0.1) is 5.92 Å². The molecule has 1 fully saturated rings. The van der Waals surface area contributed by atoms with Crippen molar-refractivity contribution in [1.29, 1.82) is 0 Å². The van der Waals surface area contributed by atoms with Crippen LogP contribution in [0.15, 0.2) is 0 Å². The molecule has 82 valence electrons. The molecule has 0 spiro atoms. The van der Waals surface area contributed by atoms with Crippen LogP contribution in [0.5, 0.6) is 0 Å². The van der Waals surface area contributed by atoms with E-state index in [2.05, 4.69) is 6.92 Å². The van der Waals surface area contributed by atoms with Gasteiger partial charge in [0, 0.05) is 35.9 Å². The molecule has 1 amide bonds. The first-order valence-electron chi connectivity index (χ1n) is 5.11. The van der Waals surface area contributed by atoms with Crippen LogP contribution in [0.25, 0.3) is 0 Å². The van der Waals surface area contributed by atoms with E-state index in [4.69, 9.17) is 11.6 Å². The molecule has 14 heavy (non-hydrogen) atoms. The van der Waals surface area contributed by atoms with Gasteiger partial charge in [0.05, 0.1) is 0 Å². The number of carbonyl (C=O) groups excluding carboxylic acids is 1. The van der Waals surface area contributed by atoms with Gasteiger partial charge >= 0.3 is 0 Å². The van der Waals surface area contributed by atoms with Gasteiger partial charge in [0.25, 0.3) is 0 Å². The van der Waals surface area contributed by atoms with Gasteiger partial charge in [-0.05, 0) is 6.42 Å². The van der Waals surface area contributed by atoms with Crippen LogP contribution in [0.1, 0.15) is 20.3 Å². The molecular formula is C10H18ClNOS. The summed E-state index contributed by atoms with van der Waals surface area (Å²) in [5.41, 5.74) is 0. The Morgan fingerprint density at radius 3 is 3.00 bits per heavy atom. The highest BCUT2D eigenvalue weighted by molar-refractivity contribution is 7.99. The van der Waals surface area contributed by atoms with Crippen molar-refractivity contribution < 1.29 is 4.79 Å². The van der Waals surface area contributed by atoms with Crippen LogP contribution in [0.2, 0.25) is 0 Å². The van der Waals surface area contributed by atoms with Gasteiger partial charge < -0.3 is 4.90 Å². The summed E-state index contributed by atoms with van der Waals surface area (Å²) in [6.45, 7) is 5.91. The summed E-state index contributed by atoms with van der Waals surface area (Å²) in [6, 6.07) is 0. The minimum absolute atomic E-state index is 0.0323. The second-order valence-corrected chi connectivity index (χ2v) is 5.71. The van der Waals surface area contributed by atoms with Gasteiger partial charge in [0.1, 0.15) is 0 Å². The fourth-order valence-electron chi connectivity index (χ4n) is 1.49. The van der Waals surface area contributed by atoms with E-state index in [1.165, 1.54) is 0 Å². The zero-order valence-corrected chi connectivity index (χ0v) is 10.4. The highest BCUT2D eigenvalue weighted by Crippen LogP contribution is 2.19. The van der Waals surface area contributed by atoms with E-state index in [-0.39, 0.29) is 11.8 Å². The zero-order chi connectivity index (χ0) is 10.6. The van der Waals surface area contributed by atoms with Gasteiger partial charge in [0.15, 0.2) is 0 Å². The number of thioether (sulfide) groups is 1. The Morgan fingerprint density at radius 2 is 2.36 bits per heavy atom. The molecule has 4 heteroatoms. The highest BCUT2D eigenvalue weighted by atomic mass is 35.5. The third kappa shape index (κ3) is 3.35. The maximum Gasteiger partial charge on any atom is 0.226 e. The number of hydrogen-bond donors (Lipinski definition) is 0. The Kier molecular flexibility index (Phi) is 5.10. The summed E-state index contributed by atoms with van der Waals surface area (Å²) < 4.78 is 0. The lowest BCUT2D eigenvalue weighted by molar-refractivity contribution is -0.134. The summed E-state index contributed by atoms with van der Waals surface area (Å²) in [6.07, 6.45) is 1.10. The number of rotatable bonds is 2. The Balaban J connectivity index is 2.47. The lowest BCUT2D eigenvalue weighted by atomic mass is 10.2. The topological polar surface area (TPSA) is 20.3 Å². The van der Waals surface area contributed by atoms with Crippen molar-refractivity contribution in [3.05, 3.63) is 0 Å². The summed E-state index contributed by atoms with van der Waals surface area (Å²) in [5.74, 6) is 1.67. The number of amides is 1. The van der Waals surface area contributed by atoms with E-state index >= 15 is 0 Å². The molecule has 0 aromatic carbocycles. The maximum absolute atomic E-state index is 11.8. The molecule has 2 unspecified atom stereocenters. The fraction of sp³-hybridized carbons (Fsp3) is 0.900. The normalized spacial score (nSPS) is 25.6. The average molecular weight is 236 g/mol. The van der Waals surface area contributed by atoms with Gasteiger partial charge in [-0.3, -0.25) is 4.79 Å². The Morgan fingerprint density at radius 1 is 1.64 bits per heavy atom. The maximum atomic E-state index is 11.8. The lowest BCUT2D eigenvalue weighted by Gasteiger charge is -2.22. The third-order valence-electron chi connectivity index (χ3n) is 2.53. The van der Waals surface area contributed by atoms with E-state index in [0.29, 0.717) is 11.1 Å². The van der Waals surface area contributed by atoms with Gasteiger partial charge in [-0.25, -0.2) is 0 Å². The molecule has 1 rings (SSSR count). The molecular weight excluding hydrogens is 218 g/mol. The summed E-state index contributed by atoms with van der Waals surface area (Å²) >= 11 is 7.64. The number of alkyl halides is 1. The van der Waals surface area contributed by atoms with E-state index in [1.807, 2.05) is 23.6 Å². The summed E-state index contributed by atoms with van der Waals surface area (Å²) in [4.78, 5) is 13.8. The minimum atomic E-state index is -0.0323. The molecule has 2 nitrogen and oxygen atoms in total. The Hall–Kier alpha value is 0.110. The van der Waals surface area contributed by atoms with E-state index in [9.17, 15) is 4.79 Å². The smallest absolute Gasteiger partial charge is 0.226 e. The quantitative estimate of drug-likeness (QED) is 0.685. The van der Waals surface area contributed by atoms with Gasteiger partial charge in [-0.15, -0.1) is 11.6 Å². The molecule has 0 aliphatic carbocycles. The molecule has 0 aromatic heterocycles. The van der Waals surface area contributed by atoms with E-state index < -0.39 is 0 Å². The number of carbonyl (C=O) groups is 1. The number of halogens is 1. The molecule has 1 aliphatic rings. The van der Waals surface area contributed by atoms with E-state index in [0.717, 1.165) is 25.3 Å². The molecule has 0 aromatic rings. The standard InChI is InChI=1S/C10H18ClNOS/c1-8(7-11)10(13)12-4-3-9(2)14-6-5-12/h8-9H,3-7H2,1-2H3. The van der Waals surface area contributed by atoms with Crippen molar-refractivity contribution in [1.82, 2.24) is 4.90 Å². The van der Waals surface area contributed by atoms with Gasteiger partial charge in [0.2, 0.25) is 5.91 Å². The molecule has 1 heterocycles. The predicted molar refractivity (Wildman–Crippen MR) is 63.0 cm³/mol. The Bertz CT molecular complexity index is 201. The third-order valence-corrected chi connectivity index (χ3v) is 4.22. The molecule has 0 N–H and O–H groups in total. The van der Waals surface area contributed by atoms with Crippen molar-refractivity contribution in [3.8, 4) is 0 Å². The highest BCUT2D eigenvalue weighted by Gasteiger charge is 2.22. The van der Waals surface area contributed by atoms with Crippen molar-refractivity contribution in [2.24, 2.45) is 5.92 Å². The molecule has 2 atom stereocenters. The number of nitrogens with zero attached hydrogens (tertiary/aromatic N) is 1. The first-order valence-corrected chi connectivity index (χ1v) is 6.69. The molecule has 0 radical (unpaired) electrons. The zero-order valence-electron chi connectivity index (χ0n) is 8.83. The van der Waals surface area contributed by atoms with Crippen LogP contribution in [0.3, 0.4) is 0 Å². The number of hydrogen-bond acceptors (Lipinski definition) is 2. The van der Waals surface area contributed by atoms with Crippen LogP contribution >= 0.6 is 23.4 Å². The van der Waals surface area contributed by atoms with Crippen LogP contribution in [0.4, 0.5) is 0 Å². The second kappa shape index (κ2) is 5.86. The lowest BCUT2D eigenvalue weighted by Crippen LogP contribution is -2.37. The van der Waals surface area contributed by atoms with Crippen molar-refractivity contribution in [3.63, 3.8) is 0 Å². The first kappa shape index (κ1) is 12.2. The van der Waals surface area contributed by atoms with Crippen LogP contribution in [-0.4, -0.2) is 40.8 Å². The van der Waals surface area contributed by atoms with Gasteiger partial charge in [-0.2, -0.15) is 11.8 Å². The SMILES string of the molecule is CC1CCN(C(=O)C(C)CCl)CCS1. The van der Waals surface area contributed by atoms with Gasteiger partial charge in [-0.1, -0.05) is 13.8 Å². The Labute approximate surface area is 95.4 Å². The van der Waals surface area contributed by atoms with Crippen molar-refractivity contribution in [2.45, 2.75) is 25.5 Å². The summed E-state index contributed by atoms with van der Waals surface area (Å²) in [5, 5.41) is 0.680. The predicted octanol–water partition coefficient (Wildman–Crippen LogP) is 2.22. The van der Waals surface area contributed by atoms with Crippen LogP contribution in [-0.2, 0) is 4.79 Å². The van der Waals surface area contributed by atoms with E-state index in [1.54, 1.807) is 0 Å². The average Bonchev–Trinajstić information content (AvgIpc) is 2.40. The molecule has 1 saturated heterocycles. The molecule has 0 saturated carbocycles. The van der Waals surface area contributed by atoms with Crippen LogP contribution < -0.4 is 0 Å². The second-order valence-electron chi connectivity index (χ2n) is 3.85. The fourth-order valence-corrected chi connectivity index (χ4v) is 2.63. The largest absolute Gasteiger partial charge is 0.342 e. The molecule has 0 bridgehead atoms. The van der Waals surface area contributed by atoms with Crippen molar-refractivity contribution >= 4 is 29.3 Å². The minimum Gasteiger partial charge on any atom is -0.342 e. The summed E-state index contributed by atoms with van der Waals surface area (Å²) in [7, 11) is 0. The first-order chi connectivity index (χ1) is 6.65. The van der Waals surface area contributed by atoms with Crippen molar-refractivity contribution in [2.75, 3.05) is 24.7 Å².